The van der Waals surface area contributed by atoms with Gasteiger partial charge in [-0.15, -0.1) is 15.3 Å². The zero-order chi connectivity index (χ0) is 24.6. The van der Waals surface area contributed by atoms with Crippen LogP contribution < -0.4 is 4.74 Å². The topological polar surface area (TPSA) is 65.2 Å². The smallest absolute Gasteiger partial charge is 0.433 e. The van der Waals surface area contributed by atoms with E-state index in [9.17, 15) is 13.2 Å². The molecule has 0 fully saturated rings. The van der Waals surface area contributed by atoms with Gasteiger partial charge in [0.2, 0.25) is 5.88 Å². The number of ether oxygens (including phenoxy) is 1. The van der Waals surface area contributed by atoms with Crippen molar-refractivity contribution in [2.75, 3.05) is 0 Å². The third kappa shape index (κ3) is 4.78. The zero-order valence-electron chi connectivity index (χ0n) is 17.7. The summed E-state index contributed by atoms with van der Waals surface area (Å²) in [4.78, 5) is 3.49. The minimum atomic E-state index is -4.52. The van der Waals surface area contributed by atoms with Crippen LogP contribution in [0.4, 0.5) is 13.2 Å². The number of fused-ring (bicyclic) bond motifs is 1. The Morgan fingerprint density at radius 2 is 1.46 bits per heavy atom. The van der Waals surface area contributed by atoms with Crippen molar-refractivity contribution in [2.24, 2.45) is 0 Å². The molecule has 0 unspecified atom stereocenters. The molecule has 0 N–H and O–H groups in total. The highest BCUT2D eigenvalue weighted by molar-refractivity contribution is 6.31. The SMILES string of the molecule is FC(F)(F)c1ccc(COc2nn3cnnc3c(-c3ccc(Cl)cc3)c2-c2ccc(Cl)cc2)cn1. The van der Waals surface area contributed by atoms with Crippen LogP contribution in [-0.4, -0.2) is 24.8 Å². The average Bonchev–Trinajstić information content (AvgIpc) is 3.31. The van der Waals surface area contributed by atoms with Gasteiger partial charge in [0.1, 0.15) is 18.6 Å². The Kier molecular flexibility index (Phi) is 6.04. The van der Waals surface area contributed by atoms with Gasteiger partial charge in [-0.1, -0.05) is 53.5 Å². The fourth-order valence-corrected chi connectivity index (χ4v) is 3.79. The number of hydrogen-bond donors (Lipinski definition) is 0. The Bertz CT molecular complexity index is 1490. The van der Waals surface area contributed by atoms with Crippen molar-refractivity contribution in [3.05, 3.63) is 94.5 Å². The maximum Gasteiger partial charge on any atom is 0.433 e. The van der Waals surface area contributed by atoms with Gasteiger partial charge < -0.3 is 4.74 Å². The first-order chi connectivity index (χ1) is 16.8. The summed E-state index contributed by atoms with van der Waals surface area (Å²) in [5.74, 6) is 0.226. The third-order valence-corrected chi connectivity index (χ3v) is 5.68. The Balaban J connectivity index is 1.63. The van der Waals surface area contributed by atoms with Crippen LogP contribution in [0.15, 0.2) is 73.2 Å². The van der Waals surface area contributed by atoms with Crippen LogP contribution in [0.25, 0.3) is 27.9 Å². The molecule has 3 aromatic heterocycles. The molecule has 0 radical (unpaired) electrons. The molecule has 0 aliphatic heterocycles. The molecule has 0 saturated heterocycles. The van der Waals surface area contributed by atoms with E-state index >= 15 is 0 Å². The lowest BCUT2D eigenvalue weighted by molar-refractivity contribution is -0.141. The van der Waals surface area contributed by atoms with E-state index < -0.39 is 11.9 Å². The summed E-state index contributed by atoms with van der Waals surface area (Å²) in [5, 5.41) is 13.9. The molecule has 0 aliphatic carbocycles. The van der Waals surface area contributed by atoms with Crippen LogP contribution in [0.5, 0.6) is 5.88 Å². The van der Waals surface area contributed by atoms with Gasteiger partial charge in [0.15, 0.2) is 5.65 Å². The van der Waals surface area contributed by atoms with Gasteiger partial charge >= 0.3 is 6.18 Å². The summed E-state index contributed by atoms with van der Waals surface area (Å²) in [6.07, 6.45) is -1.95. The fraction of sp³-hybridized carbons (Fsp3) is 0.0833. The molecule has 0 amide bonds. The number of rotatable bonds is 5. The van der Waals surface area contributed by atoms with E-state index in [-0.39, 0.29) is 12.5 Å². The summed E-state index contributed by atoms with van der Waals surface area (Å²) in [6.45, 7) is -0.0631. The van der Waals surface area contributed by atoms with Crippen LogP contribution >= 0.6 is 23.2 Å². The second-order valence-electron chi connectivity index (χ2n) is 7.51. The van der Waals surface area contributed by atoms with Gasteiger partial charge in [0.25, 0.3) is 0 Å². The van der Waals surface area contributed by atoms with E-state index in [1.54, 1.807) is 24.3 Å². The monoisotopic (exact) mass is 515 g/mol. The first-order valence-electron chi connectivity index (χ1n) is 10.2. The molecule has 6 nitrogen and oxygen atoms in total. The van der Waals surface area contributed by atoms with Crippen molar-refractivity contribution < 1.29 is 17.9 Å². The van der Waals surface area contributed by atoms with Crippen molar-refractivity contribution >= 4 is 28.8 Å². The molecule has 0 spiro atoms. The van der Waals surface area contributed by atoms with Crippen molar-refractivity contribution in [3.63, 3.8) is 0 Å². The molecule has 35 heavy (non-hydrogen) atoms. The summed E-state index contributed by atoms with van der Waals surface area (Å²) < 4.78 is 46.1. The highest BCUT2D eigenvalue weighted by Crippen LogP contribution is 2.41. The van der Waals surface area contributed by atoms with Gasteiger partial charge in [0, 0.05) is 27.4 Å². The summed E-state index contributed by atoms with van der Waals surface area (Å²) in [5.41, 5.74) is 2.80. The number of halogens is 5. The lowest BCUT2D eigenvalue weighted by Gasteiger charge is -2.16. The van der Waals surface area contributed by atoms with Crippen molar-refractivity contribution in [2.45, 2.75) is 12.8 Å². The average molecular weight is 516 g/mol. The number of pyridine rings is 1. The molecule has 11 heteroatoms. The number of nitrogens with zero attached hydrogens (tertiary/aromatic N) is 5. The number of alkyl halides is 3. The van der Waals surface area contributed by atoms with Gasteiger partial charge in [-0.2, -0.15) is 17.7 Å². The minimum Gasteiger partial charge on any atom is -0.471 e. The standard InChI is InChI=1S/C24H14Cl2F3N5O/c25-17-6-2-15(3-7-17)20-21(16-4-8-18(26)9-5-16)23(33-34-13-31-32-22(20)34)35-12-14-1-10-19(30-11-14)24(27,28)29/h1-11,13H,12H2. The summed E-state index contributed by atoms with van der Waals surface area (Å²) >= 11 is 12.2. The molecule has 0 atom stereocenters. The van der Waals surface area contributed by atoms with E-state index in [1.165, 1.54) is 16.9 Å². The first kappa shape index (κ1) is 23.1. The van der Waals surface area contributed by atoms with Gasteiger partial charge in [-0.3, -0.25) is 4.98 Å². The fourth-order valence-electron chi connectivity index (χ4n) is 3.54. The molecule has 176 valence electrons. The molecule has 0 saturated carbocycles. The van der Waals surface area contributed by atoms with E-state index in [0.29, 0.717) is 32.4 Å². The molecule has 5 aromatic rings. The Morgan fingerprint density at radius 3 is 2.03 bits per heavy atom. The maximum atomic E-state index is 12.9. The van der Waals surface area contributed by atoms with Crippen LogP contribution in [0.3, 0.4) is 0 Å². The molecule has 5 rings (SSSR count). The summed E-state index contributed by atoms with van der Waals surface area (Å²) in [6, 6.07) is 16.5. The number of benzene rings is 2. The lowest BCUT2D eigenvalue weighted by Crippen LogP contribution is -2.09. The Morgan fingerprint density at radius 1 is 0.829 bits per heavy atom. The van der Waals surface area contributed by atoms with Crippen molar-refractivity contribution in [1.82, 2.24) is 24.8 Å². The second-order valence-corrected chi connectivity index (χ2v) is 8.38. The van der Waals surface area contributed by atoms with Crippen molar-refractivity contribution in [1.29, 1.82) is 0 Å². The van der Waals surface area contributed by atoms with Gasteiger partial charge in [0.05, 0.1) is 5.56 Å². The third-order valence-electron chi connectivity index (χ3n) is 5.17. The molecule has 3 heterocycles. The molecule has 0 aliphatic rings. The highest BCUT2D eigenvalue weighted by Gasteiger charge is 2.32. The highest BCUT2D eigenvalue weighted by atomic mass is 35.5. The Hall–Kier alpha value is -3.69. The van der Waals surface area contributed by atoms with Gasteiger partial charge in [-0.25, -0.2) is 0 Å². The first-order valence-corrected chi connectivity index (χ1v) is 11.0. The second kappa shape index (κ2) is 9.16. The zero-order valence-corrected chi connectivity index (χ0v) is 19.2. The number of hydrogen-bond acceptors (Lipinski definition) is 5. The lowest BCUT2D eigenvalue weighted by atomic mass is 9.96. The largest absolute Gasteiger partial charge is 0.471 e. The van der Waals surface area contributed by atoms with Crippen LogP contribution in [0.2, 0.25) is 10.0 Å². The van der Waals surface area contributed by atoms with Crippen molar-refractivity contribution in [3.8, 4) is 28.1 Å². The molecule has 0 bridgehead atoms. The quantitative estimate of drug-likeness (QED) is 0.258. The summed E-state index contributed by atoms with van der Waals surface area (Å²) in [7, 11) is 0. The van der Waals surface area contributed by atoms with E-state index in [4.69, 9.17) is 27.9 Å². The van der Waals surface area contributed by atoms with Crippen LogP contribution in [0, 0.1) is 0 Å². The van der Waals surface area contributed by atoms with E-state index in [0.717, 1.165) is 23.4 Å². The van der Waals surface area contributed by atoms with Crippen LogP contribution in [-0.2, 0) is 12.8 Å². The Labute approximate surface area is 206 Å². The van der Waals surface area contributed by atoms with E-state index in [1.807, 2.05) is 24.3 Å². The predicted octanol–water partition coefficient (Wildman–Crippen LogP) is 6.76. The van der Waals surface area contributed by atoms with Gasteiger partial charge in [-0.05, 0) is 41.5 Å². The molecule has 2 aromatic carbocycles. The van der Waals surface area contributed by atoms with Crippen LogP contribution in [0.1, 0.15) is 11.3 Å². The van der Waals surface area contributed by atoms with E-state index in [2.05, 4.69) is 20.3 Å². The maximum absolute atomic E-state index is 12.9. The molecular weight excluding hydrogens is 502 g/mol. The predicted molar refractivity (Wildman–Crippen MR) is 125 cm³/mol. The number of aromatic nitrogens is 5. The normalized spacial score (nSPS) is 11.7. The minimum absolute atomic E-state index is 0.0631. The molecular formula is C24H14Cl2F3N5O.